The van der Waals surface area contributed by atoms with E-state index in [0.29, 0.717) is 5.02 Å². The van der Waals surface area contributed by atoms with E-state index in [1.54, 1.807) is 6.07 Å². The number of carbonyl (C=O) groups excluding carboxylic acids is 2. The highest BCUT2D eigenvalue weighted by molar-refractivity contribution is 6.35. The third-order valence-electron chi connectivity index (χ3n) is 3.80. The van der Waals surface area contributed by atoms with Crippen LogP contribution < -0.4 is 5.32 Å². The number of hydrogen-bond acceptors (Lipinski definition) is 5. The summed E-state index contributed by atoms with van der Waals surface area (Å²) < 4.78 is 24.2. The molecule has 1 N–H and O–H groups in total. The summed E-state index contributed by atoms with van der Waals surface area (Å²) in [6.07, 6.45) is 0. The van der Waals surface area contributed by atoms with Gasteiger partial charge in [-0.25, -0.2) is 9.18 Å². The molecule has 1 aromatic heterocycles. The lowest BCUT2D eigenvalue weighted by Crippen LogP contribution is -2.21. The van der Waals surface area contributed by atoms with Gasteiger partial charge in [0.2, 0.25) is 0 Å². The number of anilines is 1. The van der Waals surface area contributed by atoms with Crippen molar-refractivity contribution in [2.24, 2.45) is 0 Å². The molecule has 0 radical (unpaired) electrons. The maximum Gasteiger partial charge on any atom is 0.344 e. The summed E-state index contributed by atoms with van der Waals surface area (Å²) >= 11 is 17.9. The van der Waals surface area contributed by atoms with Crippen LogP contribution in [0.3, 0.4) is 0 Å². The first-order valence-corrected chi connectivity index (χ1v) is 9.24. The highest BCUT2D eigenvalue weighted by atomic mass is 35.5. The van der Waals surface area contributed by atoms with E-state index in [0.717, 1.165) is 0 Å². The van der Waals surface area contributed by atoms with Crippen LogP contribution in [0.4, 0.5) is 10.1 Å². The van der Waals surface area contributed by atoms with Gasteiger partial charge in [-0.1, -0.05) is 46.0 Å². The summed E-state index contributed by atoms with van der Waals surface area (Å²) in [7, 11) is 0. The van der Waals surface area contributed by atoms with Crippen molar-refractivity contribution in [3.05, 3.63) is 68.6 Å². The van der Waals surface area contributed by atoms with Crippen molar-refractivity contribution in [3.8, 4) is 11.3 Å². The molecule has 3 rings (SSSR count). The zero-order valence-electron chi connectivity index (χ0n) is 14.8. The summed E-state index contributed by atoms with van der Waals surface area (Å²) in [6.45, 7) is 0.824. The van der Waals surface area contributed by atoms with E-state index >= 15 is 0 Å². The minimum atomic E-state index is -0.926. The molecule has 2 aromatic carbocycles. The number of hydrogen-bond donors (Lipinski definition) is 1. The van der Waals surface area contributed by atoms with Gasteiger partial charge in [-0.2, -0.15) is 0 Å². The van der Waals surface area contributed by atoms with Crippen molar-refractivity contribution in [2.45, 2.75) is 6.92 Å². The maximum atomic E-state index is 14.2. The van der Waals surface area contributed by atoms with Crippen LogP contribution in [0.2, 0.25) is 15.1 Å². The zero-order chi connectivity index (χ0) is 21.1. The molecule has 0 unspecified atom stereocenters. The van der Waals surface area contributed by atoms with Crippen LogP contribution >= 0.6 is 34.8 Å². The lowest BCUT2D eigenvalue weighted by atomic mass is 10.1. The molecule has 1 amide bonds. The molecule has 1 heterocycles. The zero-order valence-corrected chi connectivity index (χ0v) is 17.0. The monoisotopic (exact) mass is 456 g/mol. The van der Waals surface area contributed by atoms with Gasteiger partial charge < -0.3 is 14.6 Å². The Morgan fingerprint density at radius 3 is 2.66 bits per heavy atom. The Morgan fingerprint density at radius 2 is 1.93 bits per heavy atom. The average molecular weight is 458 g/mol. The molecule has 0 aliphatic carbocycles. The average Bonchev–Trinajstić information content (AvgIpc) is 3.04. The molecule has 0 saturated heterocycles. The van der Waals surface area contributed by atoms with Gasteiger partial charge in [0.25, 0.3) is 5.91 Å². The van der Waals surface area contributed by atoms with Gasteiger partial charge in [0.1, 0.15) is 22.8 Å². The molecule has 0 atom stereocenters. The van der Waals surface area contributed by atoms with Gasteiger partial charge in [-0.3, -0.25) is 4.79 Å². The topological polar surface area (TPSA) is 81.4 Å². The van der Waals surface area contributed by atoms with Crippen molar-refractivity contribution in [3.63, 3.8) is 0 Å². The summed E-state index contributed by atoms with van der Waals surface area (Å²) in [6, 6.07) is 8.55. The van der Waals surface area contributed by atoms with Crippen LogP contribution in [0.5, 0.6) is 0 Å². The number of esters is 1. The lowest BCUT2D eigenvalue weighted by molar-refractivity contribution is -0.119. The van der Waals surface area contributed by atoms with Crippen LogP contribution in [-0.2, 0) is 9.53 Å². The molecule has 6 nitrogen and oxygen atoms in total. The number of rotatable bonds is 5. The van der Waals surface area contributed by atoms with Crippen LogP contribution in [-0.4, -0.2) is 23.6 Å². The Hall–Kier alpha value is -2.61. The smallest absolute Gasteiger partial charge is 0.344 e. The number of nitrogens with zero attached hydrogens (tertiary/aromatic N) is 1. The molecular formula is C19H12Cl3FN2O4. The number of ether oxygens (including phenoxy) is 1. The normalized spacial score (nSPS) is 10.7. The molecule has 0 spiro atoms. The number of aryl methyl sites for hydroxylation is 1. The number of carbonyl (C=O) groups is 2. The Balaban J connectivity index is 1.76. The first kappa shape index (κ1) is 21.1. The molecule has 0 aliphatic heterocycles. The minimum absolute atomic E-state index is 0.0423. The quantitative estimate of drug-likeness (QED) is 0.508. The van der Waals surface area contributed by atoms with E-state index < -0.39 is 24.3 Å². The van der Waals surface area contributed by atoms with Crippen molar-refractivity contribution in [1.82, 2.24) is 5.16 Å². The van der Waals surface area contributed by atoms with E-state index in [1.165, 1.54) is 37.3 Å². The second kappa shape index (κ2) is 8.82. The first-order valence-electron chi connectivity index (χ1n) is 8.10. The fourth-order valence-electron chi connectivity index (χ4n) is 2.49. The van der Waals surface area contributed by atoms with Gasteiger partial charge in [-0.15, -0.1) is 0 Å². The van der Waals surface area contributed by atoms with Crippen molar-refractivity contribution >= 4 is 52.4 Å². The van der Waals surface area contributed by atoms with Crippen LogP contribution in [0.15, 0.2) is 40.9 Å². The van der Waals surface area contributed by atoms with Gasteiger partial charge in [-0.05, 0) is 37.3 Å². The van der Waals surface area contributed by atoms with Gasteiger partial charge in [0.15, 0.2) is 6.61 Å². The van der Waals surface area contributed by atoms with E-state index in [2.05, 4.69) is 10.5 Å². The van der Waals surface area contributed by atoms with E-state index in [4.69, 9.17) is 44.1 Å². The molecular weight excluding hydrogens is 446 g/mol. The highest BCUT2D eigenvalue weighted by Crippen LogP contribution is 2.33. The largest absolute Gasteiger partial charge is 0.452 e. The van der Waals surface area contributed by atoms with Crippen LogP contribution in [0.1, 0.15) is 16.1 Å². The predicted octanol–water partition coefficient (Wildman–Crippen LogP) is 5.54. The van der Waals surface area contributed by atoms with E-state index in [9.17, 15) is 14.0 Å². The van der Waals surface area contributed by atoms with Gasteiger partial charge in [0.05, 0.1) is 21.3 Å². The van der Waals surface area contributed by atoms with Crippen LogP contribution in [0.25, 0.3) is 11.3 Å². The number of nitrogens with one attached hydrogen (secondary N) is 1. The van der Waals surface area contributed by atoms with Crippen molar-refractivity contribution in [1.29, 1.82) is 0 Å². The fourth-order valence-corrected chi connectivity index (χ4v) is 3.08. The minimum Gasteiger partial charge on any atom is -0.452 e. The number of aromatic nitrogens is 1. The van der Waals surface area contributed by atoms with E-state index in [-0.39, 0.29) is 38.3 Å². The Kier molecular flexibility index (Phi) is 6.42. The second-order valence-electron chi connectivity index (χ2n) is 5.81. The number of benzene rings is 2. The Bertz CT molecular complexity index is 1080. The summed E-state index contributed by atoms with van der Waals surface area (Å²) in [5.74, 6) is -2.18. The molecule has 3 aromatic rings. The predicted molar refractivity (Wildman–Crippen MR) is 107 cm³/mol. The van der Waals surface area contributed by atoms with E-state index in [1.807, 2.05) is 0 Å². The molecule has 150 valence electrons. The summed E-state index contributed by atoms with van der Waals surface area (Å²) in [5.41, 5.74) is -0.0900. The first-order chi connectivity index (χ1) is 13.8. The van der Waals surface area contributed by atoms with Crippen LogP contribution in [0, 0.1) is 12.7 Å². The summed E-state index contributed by atoms with van der Waals surface area (Å²) in [5, 5.41) is 6.87. The Labute approximate surface area is 179 Å². The standard InChI is InChI=1S/C19H12Cl3FN2O4/c1-9-16(18(25-29-9)17-12(22)3-2-4-13(17)23)19(27)28-8-15(26)24-14-7-10(20)5-6-11(14)21/h2-7H,8H2,1H3,(H,24,26). The van der Waals surface area contributed by atoms with Crippen molar-refractivity contribution < 1.29 is 23.2 Å². The van der Waals surface area contributed by atoms with Crippen molar-refractivity contribution in [2.75, 3.05) is 11.9 Å². The highest BCUT2D eigenvalue weighted by Gasteiger charge is 2.27. The molecule has 0 fully saturated rings. The van der Waals surface area contributed by atoms with Gasteiger partial charge >= 0.3 is 5.97 Å². The lowest BCUT2D eigenvalue weighted by Gasteiger charge is -2.09. The third kappa shape index (κ3) is 4.70. The third-order valence-corrected chi connectivity index (χ3v) is 4.68. The number of amides is 1. The molecule has 0 aliphatic rings. The second-order valence-corrected chi connectivity index (χ2v) is 7.06. The molecule has 0 bridgehead atoms. The number of halogens is 4. The molecule has 29 heavy (non-hydrogen) atoms. The summed E-state index contributed by atoms with van der Waals surface area (Å²) in [4.78, 5) is 24.6. The molecule has 0 saturated carbocycles. The maximum absolute atomic E-state index is 14.2. The SMILES string of the molecule is Cc1onc(-c2c(F)cccc2Cl)c1C(=O)OCC(=O)Nc1cc(Cl)ccc1Cl. The Morgan fingerprint density at radius 1 is 1.17 bits per heavy atom. The fraction of sp³-hybridized carbons (Fsp3) is 0.105. The molecule has 10 heteroatoms. The van der Waals surface area contributed by atoms with Gasteiger partial charge in [0, 0.05) is 5.02 Å².